The van der Waals surface area contributed by atoms with E-state index in [1.165, 1.54) is 19.4 Å². The van der Waals surface area contributed by atoms with Gasteiger partial charge in [0.05, 0.1) is 0 Å². The van der Waals surface area contributed by atoms with Gasteiger partial charge in [0.15, 0.2) is 0 Å². The van der Waals surface area contributed by atoms with Crippen LogP contribution in [0.2, 0.25) is 0 Å². The lowest BCUT2D eigenvalue weighted by Crippen LogP contribution is -2.52. The van der Waals surface area contributed by atoms with E-state index in [0.29, 0.717) is 11.6 Å². The largest absolute Gasteiger partial charge is 0.378 e. The van der Waals surface area contributed by atoms with Gasteiger partial charge in [0.2, 0.25) is 0 Å². The van der Waals surface area contributed by atoms with Crippen molar-refractivity contribution in [2.75, 3.05) is 26.2 Å². The summed E-state index contributed by atoms with van der Waals surface area (Å²) in [5, 5.41) is 9.63. The van der Waals surface area contributed by atoms with E-state index in [9.17, 15) is 9.90 Å². The zero-order chi connectivity index (χ0) is 16.4. The summed E-state index contributed by atoms with van der Waals surface area (Å²) in [6.45, 7) is 7.14. The molecule has 0 spiro atoms. The molecule has 0 aromatic heterocycles. The van der Waals surface area contributed by atoms with E-state index >= 15 is 0 Å². The summed E-state index contributed by atoms with van der Waals surface area (Å²) < 4.78 is 0. The summed E-state index contributed by atoms with van der Waals surface area (Å²) >= 11 is 0. The van der Waals surface area contributed by atoms with Gasteiger partial charge < -0.3 is 10.0 Å². The van der Waals surface area contributed by atoms with Crippen molar-refractivity contribution in [2.45, 2.75) is 38.3 Å². The number of aliphatic hydroxyl groups is 1. The van der Waals surface area contributed by atoms with Gasteiger partial charge in [-0.3, -0.25) is 9.69 Å². The first-order valence-electron chi connectivity index (χ1n) is 8.31. The Balaban J connectivity index is 1.67. The lowest BCUT2D eigenvalue weighted by molar-refractivity contribution is 0.0571. The highest BCUT2D eigenvalue weighted by atomic mass is 16.3. The number of hydrogen-bond acceptors (Lipinski definition) is 3. The fourth-order valence-corrected chi connectivity index (χ4v) is 3.28. The molecule has 2 saturated heterocycles. The zero-order valence-corrected chi connectivity index (χ0v) is 13.9. The Morgan fingerprint density at radius 3 is 2.65 bits per heavy atom. The van der Waals surface area contributed by atoms with E-state index in [1.807, 2.05) is 29.2 Å². The number of nitrogens with zero attached hydrogens (tertiary/aromatic N) is 2. The fraction of sp³-hybridized carbons (Fsp3) is 0.526. The van der Waals surface area contributed by atoms with Crippen LogP contribution in [0.1, 0.15) is 42.6 Å². The van der Waals surface area contributed by atoms with E-state index in [-0.39, 0.29) is 5.91 Å². The summed E-state index contributed by atoms with van der Waals surface area (Å²) in [4.78, 5) is 17.1. The minimum atomic E-state index is -1.00. The zero-order valence-electron chi connectivity index (χ0n) is 13.9. The molecular formula is C19H24N2O2. The molecule has 1 N–H and O–H groups in total. The molecule has 2 aliphatic rings. The first-order chi connectivity index (χ1) is 10.9. The van der Waals surface area contributed by atoms with Gasteiger partial charge in [0, 0.05) is 36.8 Å². The highest BCUT2D eigenvalue weighted by Crippen LogP contribution is 2.22. The molecule has 1 aromatic carbocycles. The molecule has 0 bridgehead atoms. The van der Waals surface area contributed by atoms with E-state index < -0.39 is 5.60 Å². The second-order valence-corrected chi connectivity index (χ2v) is 6.97. The fourth-order valence-electron chi connectivity index (χ4n) is 3.28. The van der Waals surface area contributed by atoms with Crippen molar-refractivity contribution < 1.29 is 9.90 Å². The maximum atomic E-state index is 12.6. The molecule has 1 aromatic rings. The van der Waals surface area contributed by atoms with Crippen molar-refractivity contribution in [2.24, 2.45) is 0 Å². The van der Waals surface area contributed by atoms with Gasteiger partial charge in [-0.05, 0) is 57.5 Å². The molecule has 2 fully saturated rings. The number of hydrogen-bond donors (Lipinski definition) is 1. The average Bonchev–Trinajstić information content (AvgIpc) is 2.99. The predicted octanol–water partition coefficient (Wildman–Crippen LogP) is 1.73. The quantitative estimate of drug-likeness (QED) is 0.803. The summed E-state index contributed by atoms with van der Waals surface area (Å²) in [5.41, 5.74) is 0.518. The number of fused-ring (bicyclic) bond motifs is 1. The number of carbonyl (C=O) groups is 1. The van der Waals surface area contributed by atoms with Crippen molar-refractivity contribution in [3.05, 3.63) is 35.4 Å². The Kier molecular flexibility index (Phi) is 4.43. The van der Waals surface area contributed by atoms with Crippen LogP contribution in [0.15, 0.2) is 24.3 Å². The van der Waals surface area contributed by atoms with Gasteiger partial charge in [0.1, 0.15) is 5.60 Å². The molecule has 4 nitrogen and oxygen atoms in total. The molecule has 2 aliphatic heterocycles. The van der Waals surface area contributed by atoms with Gasteiger partial charge in [-0.15, -0.1) is 0 Å². The van der Waals surface area contributed by atoms with Crippen LogP contribution in [0, 0.1) is 11.8 Å². The van der Waals surface area contributed by atoms with Crippen molar-refractivity contribution >= 4 is 5.91 Å². The predicted molar refractivity (Wildman–Crippen MR) is 90.1 cm³/mol. The van der Waals surface area contributed by atoms with E-state index in [1.54, 1.807) is 13.8 Å². The number of amides is 1. The Hall–Kier alpha value is -1.83. The summed E-state index contributed by atoms with van der Waals surface area (Å²) in [5.74, 6) is 5.82. The monoisotopic (exact) mass is 312 g/mol. The molecule has 1 atom stereocenters. The Morgan fingerprint density at radius 2 is 1.96 bits per heavy atom. The molecule has 1 amide bonds. The maximum absolute atomic E-state index is 12.6. The van der Waals surface area contributed by atoms with Gasteiger partial charge >= 0.3 is 0 Å². The summed E-state index contributed by atoms with van der Waals surface area (Å²) in [6.07, 6.45) is 2.45. The van der Waals surface area contributed by atoms with Gasteiger partial charge in [-0.2, -0.15) is 0 Å². The first kappa shape index (κ1) is 16.0. The van der Waals surface area contributed by atoms with Gasteiger partial charge in [0.25, 0.3) is 5.91 Å². The van der Waals surface area contributed by atoms with Gasteiger partial charge in [-0.1, -0.05) is 11.8 Å². The Bertz CT molecular complexity index is 634. The van der Waals surface area contributed by atoms with Crippen LogP contribution in [0.25, 0.3) is 0 Å². The second kappa shape index (κ2) is 6.35. The summed E-state index contributed by atoms with van der Waals surface area (Å²) in [7, 11) is 0. The lowest BCUT2D eigenvalue weighted by atomic mass is 10.1. The third-order valence-corrected chi connectivity index (χ3v) is 4.52. The molecule has 3 rings (SSSR count). The molecule has 122 valence electrons. The van der Waals surface area contributed by atoms with E-state index in [0.717, 1.165) is 25.2 Å². The summed E-state index contributed by atoms with van der Waals surface area (Å²) in [6, 6.07) is 7.90. The van der Waals surface area contributed by atoms with Crippen LogP contribution in [-0.2, 0) is 0 Å². The van der Waals surface area contributed by atoms with E-state index in [2.05, 4.69) is 16.7 Å². The Labute approximate surface area is 138 Å². The maximum Gasteiger partial charge on any atom is 0.253 e. The van der Waals surface area contributed by atoms with Crippen molar-refractivity contribution in [1.29, 1.82) is 0 Å². The standard InChI is InChI=1S/C19H24N2O2/c1-19(2,23)10-9-15-5-7-16(8-6-15)18(22)21-13-12-20-11-3-4-17(20)14-21/h5-8,17,23H,3-4,11-14H2,1-2H3/t17-/m0/s1. The molecule has 4 heteroatoms. The third-order valence-electron chi connectivity index (χ3n) is 4.52. The van der Waals surface area contributed by atoms with Crippen LogP contribution in [0.3, 0.4) is 0 Å². The molecule has 0 aliphatic carbocycles. The number of piperazine rings is 1. The molecule has 0 saturated carbocycles. The van der Waals surface area contributed by atoms with Gasteiger partial charge in [-0.25, -0.2) is 0 Å². The minimum Gasteiger partial charge on any atom is -0.378 e. The van der Waals surface area contributed by atoms with Crippen LogP contribution in [-0.4, -0.2) is 58.6 Å². The van der Waals surface area contributed by atoms with E-state index in [4.69, 9.17) is 0 Å². The molecule has 0 unspecified atom stereocenters. The van der Waals surface area contributed by atoms with Crippen LogP contribution in [0.5, 0.6) is 0 Å². The molecule has 23 heavy (non-hydrogen) atoms. The smallest absolute Gasteiger partial charge is 0.253 e. The SMILES string of the molecule is CC(C)(O)C#Cc1ccc(C(=O)N2CCN3CCC[C@H]3C2)cc1. The Morgan fingerprint density at radius 1 is 1.22 bits per heavy atom. The normalized spacial score (nSPS) is 21.5. The first-order valence-corrected chi connectivity index (χ1v) is 8.31. The number of benzene rings is 1. The third kappa shape index (κ3) is 3.93. The number of rotatable bonds is 1. The van der Waals surface area contributed by atoms with Crippen LogP contribution >= 0.6 is 0 Å². The number of carbonyl (C=O) groups excluding carboxylic acids is 1. The van der Waals surface area contributed by atoms with Crippen LogP contribution in [0.4, 0.5) is 0 Å². The highest BCUT2D eigenvalue weighted by molar-refractivity contribution is 5.94. The van der Waals surface area contributed by atoms with Crippen molar-refractivity contribution in [1.82, 2.24) is 9.80 Å². The topological polar surface area (TPSA) is 43.8 Å². The van der Waals surface area contributed by atoms with Crippen LogP contribution < -0.4 is 0 Å². The second-order valence-electron chi connectivity index (χ2n) is 6.97. The molecule has 0 radical (unpaired) electrons. The van der Waals surface area contributed by atoms with Crippen molar-refractivity contribution in [3.8, 4) is 11.8 Å². The molecule has 2 heterocycles. The minimum absolute atomic E-state index is 0.110. The average molecular weight is 312 g/mol. The van der Waals surface area contributed by atoms with Crippen molar-refractivity contribution in [3.63, 3.8) is 0 Å². The molecular weight excluding hydrogens is 288 g/mol. The lowest BCUT2D eigenvalue weighted by Gasteiger charge is -2.37. The highest BCUT2D eigenvalue weighted by Gasteiger charge is 2.32.